The van der Waals surface area contributed by atoms with Crippen molar-refractivity contribution in [1.29, 1.82) is 0 Å². The number of anilines is 2. The maximum Gasteiger partial charge on any atom is 0.342 e. The Labute approximate surface area is 187 Å². The van der Waals surface area contributed by atoms with Gasteiger partial charge in [0.25, 0.3) is 0 Å². The minimum atomic E-state index is -0.485. The van der Waals surface area contributed by atoms with Crippen LogP contribution in [0.1, 0.15) is 22.8 Å². The summed E-state index contributed by atoms with van der Waals surface area (Å²) in [7, 11) is 0. The number of hydrogen-bond acceptors (Lipinski definition) is 4. The highest BCUT2D eigenvalue weighted by atomic mass is 35.5. The number of carbonyl (C=O) groups is 1. The van der Waals surface area contributed by atoms with Crippen LogP contribution in [-0.4, -0.2) is 19.4 Å². The molecule has 1 aliphatic rings. The Bertz CT molecular complexity index is 974. The van der Waals surface area contributed by atoms with E-state index in [1.807, 2.05) is 56.4 Å². The lowest BCUT2D eigenvalue weighted by atomic mass is 10.1. The van der Waals surface area contributed by atoms with Crippen molar-refractivity contribution in [3.8, 4) is 0 Å². The van der Waals surface area contributed by atoms with Crippen molar-refractivity contribution < 1.29 is 14.3 Å². The summed E-state index contributed by atoms with van der Waals surface area (Å²) in [4.78, 5) is 12.2. The fourth-order valence-corrected chi connectivity index (χ4v) is 2.80. The summed E-state index contributed by atoms with van der Waals surface area (Å²) in [5.41, 5.74) is 5.30. The molecule has 0 saturated carbocycles. The van der Waals surface area contributed by atoms with Crippen LogP contribution in [0.5, 0.6) is 0 Å². The van der Waals surface area contributed by atoms with Gasteiger partial charge in [-0.05, 0) is 49.8 Å². The highest BCUT2D eigenvalue weighted by Crippen LogP contribution is 2.36. The van der Waals surface area contributed by atoms with E-state index in [1.54, 1.807) is 30.3 Å². The predicted molar refractivity (Wildman–Crippen MR) is 124 cm³/mol. The number of hydrogen-bond donors (Lipinski definition) is 1. The van der Waals surface area contributed by atoms with Crippen LogP contribution in [-0.2, 0) is 9.47 Å². The molecular weight excluding hydrogens is 421 g/mol. The fraction of sp³-hybridized carbons (Fsp3) is 0.167. The average Bonchev–Trinajstić information content (AvgIpc) is 3.08. The molecule has 3 rings (SSSR count). The maximum absolute atomic E-state index is 12.2. The van der Waals surface area contributed by atoms with Gasteiger partial charge in [-0.1, -0.05) is 65.7 Å². The lowest BCUT2D eigenvalue weighted by Gasteiger charge is -2.15. The molecule has 2 aromatic rings. The number of halogens is 2. The fourth-order valence-electron chi connectivity index (χ4n) is 2.34. The third-order valence-electron chi connectivity index (χ3n) is 3.89. The first-order chi connectivity index (χ1) is 14.5. The number of para-hydroxylation sites is 1. The predicted octanol–water partition coefficient (Wildman–Crippen LogP) is 7.02. The second-order valence-electron chi connectivity index (χ2n) is 6.04. The van der Waals surface area contributed by atoms with E-state index < -0.39 is 5.97 Å². The minimum Gasteiger partial charge on any atom is -0.435 e. The number of allylic oxidation sites excluding steroid dienone is 5. The van der Waals surface area contributed by atoms with Gasteiger partial charge in [0.05, 0.1) is 27.0 Å². The van der Waals surface area contributed by atoms with E-state index in [1.165, 1.54) is 0 Å². The molecule has 1 aliphatic carbocycles. The van der Waals surface area contributed by atoms with E-state index >= 15 is 0 Å². The smallest absolute Gasteiger partial charge is 0.342 e. The molecule has 0 fully saturated rings. The normalized spacial score (nSPS) is 11.5. The number of esters is 1. The Morgan fingerprint density at radius 2 is 1.73 bits per heavy atom. The lowest BCUT2D eigenvalue weighted by molar-refractivity contribution is -0.0273. The first-order valence-electron chi connectivity index (χ1n) is 9.34. The minimum absolute atomic E-state index is 0.0877. The lowest BCUT2D eigenvalue weighted by Crippen LogP contribution is -2.11. The van der Waals surface area contributed by atoms with Crippen LogP contribution in [0.4, 0.5) is 11.4 Å². The molecule has 0 aromatic heterocycles. The number of aryl methyl sites for hydroxylation is 1. The van der Waals surface area contributed by atoms with Crippen LogP contribution in [0.2, 0.25) is 10.0 Å². The molecule has 0 atom stereocenters. The molecule has 4 nitrogen and oxygen atoms in total. The average molecular weight is 444 g/mol. The van der Waals surface area contributed by atoms with Gasteiger partial charge in [-0.15, -0.1) is 5.73 Å². The van der Waals surface area contributed by atoms with Gasteiger partial charge in [0.1, 0.15) is 0 Å². The van der Waals surface area contributed by atoms with E-state index in [9.17, 15) is 4.79 Å². The standard InChI is InChI=1S/C17H17Cl2NO3.C7H6/c1-3-22-10-23-17(21)12-6-4-5-7-14(12)20-16-13(18)9-8-11(2)15(16)19;1-2-4-6-7-5-3-1/h4-9,20H,3,10H2,1-2H3;1-6H. The number of carbonyl (C=O) groups excluding carboxylic acids is 1. The zero-order valence-electron chi connectivity index (χ0n) is 16.8. The van der Waals surface area contributed by atoms with Crippen LogP contribution in [0.3, 0.4) is 0 Å². The van der Waals surface area contributed by atoms with E-state index in [4.69, 9.17) is 32.7 Å². The summed E-state index contributed by atoms with van der Waals surface area (Å²) in [6.45, 7) is 4.09. The molecule has 0 aliphatic heterocycles. The molecule has 2 aromatic carbocycles. The Kier molecular flexibility index (Phi) is 9.99. The van der Waals surface area contributed by atoms with Gasteiger partial charge in [0, 0.05) is 6.61 Å². The van der Waals surface area contributed by atoms with E-state index in [2.05, 4.69) is 11.0 Å². The van der Waals surface area contributed by atoms with E-state index in [0.29, 0.717) is 33.6 Å². The highest BCUT2D eigenvalue weighted by molar-refractivity contribution is 6.39. The molecule has 0 spiro atoms. The van der Waals surface area contributed by atoms with Gasteiger partial charge >= 0.3 is 5.97 Å². The molecule has 0 unspecified atom stereocenters. The second-order valence-corrected chi connectivity index (χ2v) is 6.82. The van der Waals surface area contributed by atoms with Gasteiger partial charge in [-0.25, -0.2) is 4.79 Å². The molecule has 0 radical (unpaired) electrons. The molecule has 0 bridgehead atoms. The monoisotopic (exact) mass is 443 g/mol. The summed E-state index contributed by atoms with van der Waals surface area (Å²) in [5, 5.41) is 4.10. The van der Waals surface area contributed by atoms with Gasteiger partial charge < -0.3 is 14.8 Å². The van der Waals surface area contributed by atoms with Gasteiger partial charge in [0.15, 0.2) is 6.79 Å². The van der Waals surface area contributed by atoms with Gasteiger partial charge in [-0.2, -0.15) is 0 Å². The van der Waals surface area contributed by atoms with Gasteiger partial charge in [0.2, 0.25) is 0 Å². The number of benzene rings is 2. The van der Waals surface area contributed by atoms with E-state index in [-0.39, 0.29) is 6.79 Å². The quantitative estimate of drug-likeness (QED) is 0.225. The Morgan fingerprint density at radius 1 is 1.03 bits per heavy atom. The molecular formula is C24H23Cl2NO3. The summed E-state index contributed by atoms with van der Waals surface area (Å²) in [6.07, 6.45) is 11.6. The highest BCUT2D eigenvalue weighted by Gasteiger charge is 2.15. The Balaban J connectivity index is 0.000000386. The summed E-state index contributed by atoms with van der Waals surface area (Å²) in [5.74, 6) is -0.485. The molecule has 0 heterocycles. The zero-order valence-corrected chi connectivity index (χ0v) is 18.3. The first kappa shape index (κ1) is 23.5. The van der Waals surface area contributed by atoms with Crippen LogP contribution < -0.4 is 5.32 Å². The topological polar surface area (TPSA) is 47.6 Å². The largest absolute Gasteiger partial charge is 0.435 e. The van der Waals surface area contributed by atoms with Gasteiger partial charge in [-0.3, -0.25) is 0 Å². The summed E-state index contributed by atoms with van der Waals surface area (Å²) in [6, 6.07) is 10.6. The molecule has 6 heteroatoms. The molecule has 156 valence electrons. The number of ether oxygens (including phenoxy) is 2. The third kappa shape index (κ3) is 7.25. The molecule has 0 saturated heterocycles. The SMILES string of the molecule is C1=CC=CC=CC=1.CCOCOC(=O)c1ccccc1Nc1c(Cl)ccc(C)c1Cl. The molecule has 1 N–H and O–H groups in total. The zero-order chi connectivity index (χ0) is 21.8. The maximum atomic E-state index is 12.2. The van der Waals surface area contributed by atoms with Crippen molar-refractivity contribution in [2.24, 2.45) is 0 Å². The first-order valence-corrected chi connectivity index (χ1v) is 10.1. The van der Waals surface area contributed by atoms with Crippen molar-refractivity contribution in [3.63, 3.8) is 0 Å². The van der Waals surface area contributed by atoms with Crippen molar-refractivity contribution in [1.82, 2.24) is 0 Å². The number of rotatable bonds is 6. The number of nitrogens with one attached hydrogen (secondary N) is 1. The molecule has 0 amide bonds. The van der Waals surface area contributed by atoms with Crippen molar-refractivity contribution in [3.05, 3.63) is 99.8 Å². The summed E-state index contributed by atoms with van der Waals surface area (Å²) < 4.78 is 10.1. The van der Waals surface area contributed by atoms with Crippen LogP contribution in [0, 0.1) is 6.92 Å². The van der Waals surface area contributed by atoms with Crippen LogP contribution >= 0.6 is 23.2 Å². The molecule has 30 heavy (non-hydrogen) atoms. The van der Waals surface area contributed by atoms with Crippen molar-refractivity contribution in [2.75, 3.05) is 18.7 Å². The Hall–Kier alpha value is -2.75. The second kappa shape index (κ2) is 12.7. The van der Waals surface area contributed by atoms with Crippen molar-refractivity contribution >= 4 is 40.5 Å². The van der Waals surface area contributed by atoms with Crippen LogP contribution in [0.25, 0.3) is 0 Å². The summed E-state index contributed by atoms with van der Waals surface area (Å²) >= 11 is 12.5. The third-order valence-corrected chi connectivity index (χ3v) is 4.69. The van der Waals surface area contributed by atoms with Crippen molar-refractivity contribution in [2.45, 2.75) is 13.8 Å². The van der Waals surface area contributed by atoms with Crippen LogP contribution in [0.15, 0.2) is 78.6 Å². The Morgan fingerprint density at radius 3 is 2.43 bits per heavy atom. The van der Waals surface area contributed by atoms with E-state index in [0.717, 1.165) is 5.56 Å².